The molecule has 10 heteroatoms. The van der Waals surface area contributed by atoms with Crippen LogP contribution >= 0.6 is 0 Å². The first kappa shape index (κ1) is 25.0. The van der Waals surface area contributed by atoms with Crippen LogP contribution < -0.4 is 16.0 Å². The monoisotopic (exact) mass is 460 g/mol. The van der Waals surface area contributed by atoms with Crippen LogP contribution in [-0.4, -0.2) is 57.6 Å². The van der Waals surface area contributed by atoms with E-state index in [-0.39, 0.29) is 35.7 Å². The second-order valence-corrected chi connectivity index (χ2v) is 9.35. The SMILES string of the molecule is CCCC(=O)Nc1ccc(C(=O)NCCNC(=O)c2ccc(S(=O)(=O)N(C)C)cc2)cc1. The van der Waals surface area contributed by atoms with Gasteiger partial charge < -0.3 is 16.0 Å². The highest BCUT2D eigenvalue weighted by molar-refractivity contribution is 7.89. The fraction of sp³-hybridized carbons (Fsp3) is 0.318. The highest BCUT2D eigenvalue weighted by Gasteiger charge is 2.17. The Hall–Kier alpha value is -3.24. The van der Waals surface area contributed by atoms with E-state index in [4.69, 9.17) is 0 Å². The molecule has 0 aliphatic heterocycles. The molecule has 0 bridgehead atoms. The van der Waals surface area contributed by atoms with Gasteiger partial charge in [0, 0.05) is 50.4 Å². The van der Waals surface area contributed by atoms with Gasteiger partial charge in [-0.15, -0.1) is 0 Å². The molecule has 0 unspecified atom stereocenters. The third kappa shape index (κ3) is 6.89. The summed E-state index contributed by atoms with van der Waals surface area (Å²) < 4.78 is 25.2. The van der Waals surface area contributed by atoms with Crippen LogP contribution in [-0.2, 0) is 14.8 Å². The Morgan fingerprint density at radius 3 is 1.72 bits per heavy atom. The topological polar surface area (TPSA) is 125 Å². The molecule has 3 N–H and O–H groups in total. The molecule has 0 aliphatic carbocycles. The number of carbonyl (C=O) groups is 3. The van der Waals surface area contributed by atoms with Gasteiger partial charge in [-0.05, 0) is 55.0 Å². The highest BCUT2D eigenvalue weighted by Crippen LogP contribution is 2.14. The van der Waals surface area contributed by atoms with Gasteiger partial charge in [-0.2, -0.15) is 0 Å². The van der Waals surface area contributed by atoms with Crippen molar-refractivity contribution >= 4 is 33.4 Å². The summed E-state index contributed by atoms with van der Waals surface area (Å²) in [5, 5.41) is 8.12. The van der Waals surface area contributed by atoms with E-state index in [1.165, 1.54) is 38.4 Å². The molecule has 0 heterocycles. The molecule has 0 fully saturated rings. The zero-order chi connectivity index (χ0) is 23.7. The molecule has 2 rings (SSSR count). The van der Waals surface area contributed by atoms with Crippen molar-refractivity contribution in [2.75, 3.05) is 32.5 Å². The first-order valence-electron chi connectivity index (χ1n) is 10.1. The van der Waals surface area contributed by atoms with Crippen LogP contribution in [0, 0.1) is 0 Å². The van der Waals surface area contributed by atoms with Crippen LogP contribution in [0.25, 0.3) is 0 Å². The first-order chi connectivity index (χ1) is 15.1. The summed E-state index contributed by atoms with van der Waals surface area (Å²) in [4.78, 5) is 36.1. The van der Waals surface area contributed by atoms with E-state index in [0.29, 0.717) is 23.2 Å². The van der Waals surface area contributed by atoms with Crippen molar-refractivity contribution in [2.45, 2.75) is 24.7 Å². The zero-order valence-corrected chi connectivity index (χ0v) is 19.2. The smallest absolute Gasteiger partial charge is 0.251 e. The van der Waals surface area contributed by atoms with Crippen LogP contribution in [0.4, 0.5) is 5.69 Å². The highest BCUT2D eigenvalue weighted by atomic mass is 32.2. The lowest BCUT2D eigenvalue weighted by atomic mass is 10.2. The van der Waals surface area contributed by atoms with Crippen LogP contribution in [0.1, 0.15) is 40.5 Å². The summed E-state index contributed by atoms with van der Waals surface area (Å²) >= 11 is 0. The second-order valence-electron chi connectivity index (χ2n) is 7.20. The molecular formula is C22H28N4O5S. The average Bonchev–Trinajstić information content (AvgIpc) is 2.77. The molecule has 0 saturated heterocycles. The average molecular weight is 461 g/mol. The van der Waals surface area contributed by atoms with Gasteiger partial charge in [0.1, 0.15) is 0 Å². The number of amides is 3. The molecule has 0 aromatic heterocycles. The van der Waals surface area contributed by atoms with Crippen molar-refractivity contribution in [2.24, 2.45) is 0 Å². The van der Waals surface area contributed by atoms with Gasteiger partial charge in [-0.25, -0.2) is 12.7 Å². The number of hydrogen-bond acceptors (Lipinski definition) is 5. The number of hydrogen-bond donors (Lipinski definition) is 3. The minimum Gasteiger partial charge on any atom is -0.350 e. The van der Waals surface area contributed by atoms with Gasteiger partial charge in [0.25, 0.3) is 11.8 Å². The second kappa shape index (κ2) is 11.4. The Labute approximate surface area is 188 Å². The maximum Gasteiger partial charge on any atom is 0.251 e. The molecule has 0 aliphatic rings. The van der Waals surface area contributed by atoms with Crippen molar-refractivity contribution in [3.63, 3.8) is 0 Å². The van der Waals surface area contributed by atoms with E-state index in [0.717, 1.165) is 10.7 Å². The molecule has 0 saturated carbocycles. The Balaban J connectivity index is 1.80. The first-order valence-corrected chi connectivity index (χ1v) is 11.6. The molecular weight excluding hydrogens is 432 g/mol. The fourth-order valence-corrected chi connectivity index (χ4v) is 3.60. The predicted molar refractivity (Wildman–Crippen MR) is 122 cm³/mol. The van der Waals surface area contributed by atoms with Crippen molar-refractivity contribution < 1.29 is 22.8 Å². The van der Waals surface area contributed by atoms with Crippen molar-refractivity contribution in [1.29, 1.82) is 0 Å². The van der Waals surface area contributed by atoms with Gasteiger partial charge in [0.05, 0.1) is 4.90 Å². The van der Waals surface area contributed by atoms with Crippen LogP contribution in [0.5, 0.6) is 0 Å². The van der Waals surface area contributed by atoms with Crippen molar-refractivity contribution in [1.82, 2.24) is 14.9 Å². The summed E-state index contributed by atoms with van der Waals surface area (Å²) in [7, 11) is -0.685. The minimum atomic E-state index is -3.55. The summed E-state index contributed by atoms with van der Waals surface area (Å²) in [5.41, 5.74) is 1.37. The third-order valence-electron chi connectivity index (χ3n) is 4.50. The maximum atomic E-state index is 12.2. The van der Waals surface area contributed by atoms with Crippen molar-refractivity contribution in [3.05, 3.63) is 59.7 Å². The Morgan fingerprint density at radius 2 is 1.28 bits per heavy atom. The molecule has 32 heavy (non-hydrogen) atoms. The standard InChI is InChI=1S/C22H28N4O5S/c1-4-5-20(27)25-18-10-6-16(7-11-18)21(28)23-14-15-24-22(29)17-8-12-19(13-9-17)32(30,31)26(2)3/h6-13H,4-5,14-15H2,1-3H3,(H,23,28)(H,24,29)(H,25,27). The Kier molecular flexibility index (Phi) is 8.91. The normalized spacial score (nSPS) is 11.1. The largest absolute Gasteiger partial charge is 0.350 e. The molecule has 0 radical (unpaired) electrons. The van der Waals surface area contributed by atoms with Crippen LogP contribution in [0.15, 0.2) is 53.4 Å². The number of rotatable bonds is 10. The Morgan fingerprint density at radius 1 is 0.812 bits per heavy atom. The molecule has 2 aromatic rings. The molecule has 2 aromatic carbocycles. The van der Waals surface area contributed by atoms with E-state index in [2.05, 4.69) is 16.0 Å². The molecule has 0 spiro atoms. The number of benzene rings is 2. The number of carbonyl (C=O) groups excluding carboxylic acids is 3. The molecule has 0 atom stereocenters. The Bertz CT molecular complexity index is 1050. The van der Waals surface area contributed by atoms with Gasteiger partial charge in [0.15, 0.2) is 0 Å². The van der Waals surface area contributed by atoms with Crippen LogP contribution in [0.3, 0.4) is 0 Å². The lowest BCUT2D eigenvalue weighted by Crippen LogP contribution is -2.34. The minimum absolute atomic E-state index is 0.0746. The van der Waals surface area contributed by atoms with Gasteiger partial charge in [-0.1, -0.05) is 6.92 Å². The molecule has 172 valence electrons. The number of sulfonamides is 1. The summed E-state index contributed by atoms with van der Waals surface area (Å²) in [6.45, 7) is 2.34. The lowest BCUT2D eigenvalue weighted by molar-refractivity contribution is -0.116. The van der Waals surface area contributed by atoms with Gasteiger partial charge >= 0.3 is 0 Å². The number of nitrogens with one attached hydrogen (secondary N) is 3. The fourth-order valence-electron chi connectivity index (χ4n) is 2.70. The summed E-state index contributed by atoms with van der Waals surface area (Å²) in [5.74, 6) is -0.751. The van der Waals surface area contributed by atoms with Crippen LogP contribution in [0.2, 0.25) is 0 Å². The van der Waals surface area contributed by atoms with E-state index in [1.807, 2.05) is 6.92 Å². The molecule has 3 amide bonds. The number of nitrogens with zero attached hydrogens (tertiary/aromatic N) is 1. The van der Waals surface area contributed by atoms with E-state index in [1.54, 1.807) is 24.3 Å². The quantitative estimate of drug-likeness (QED) is 0.467. The van der Waals surface area contributed by atoms with E-state index in [9.17, 15) is 22.8 Å². The van der Waals surface area contributed by atoms with E-state index >= 15 is 0 Å². The zero-order valence-electron chi connectivity index (χ0n) is 18.3. The third-order valence-corrected chi connectivity index (χ3v) is 6.33. The maximum absolute atomic E-state index is 12.2. The predicted octanol–water partition coefficient (Wildman–Crippen LogP) is 1.84. The van der Waals surface area contributed by atoms with Gasteiger partial charge in [-0.3, -0.25) is 14.4 Å². The lowest BCUT2D eigenvalue weighted by Gasteiger charge is -2.12. The molecule has 9 nitrogen and oxygen atoms in total. The van der Waals surface area contributed by atoms with Crippen molar-refractivity contribution in [3.8, 4) is 0 Å². The van der Waals surface area contributed by atoms with E-state index < -0.39 is 10.0 Å². The summed E-state index contributed by atoms with van der Waals surface area (Å²) in [6.07, 6.45) is 1.19. The summed E-state index contributed by atoms with van der Waals surface area (Å²) in [6, 6.07) is 12.2. The van der Waals surface area contributed by atoms with Gasteiger partial charge in [0.2, 0.25) is 15.9 Å². The number of anilines is 1.